The highest BCUT2D eigenvalue weighted by atomic mass is 16.5. The molecule has 0 aromatic heterocycles. The van der Waals surface area contributed by atoms with E-state index in [9.17, 15) is 24.6 Å². The van der Waals surface area contributed by atoms with Gasteiger partial charge in [0, 0.05) is 36.1 Å². The Morgan fingerprint density at radius 3 is 2.40 bits per heavy atom. The second-order valence-corrected chi connectivity index (χ2v) is 6.59. The highest BCUT2D eigenvalue weighted by Crippen LogP contribution is 2.43. The van der Waals surface area contributed by atoms with E-state index >= 15 is 0 Å². The fraction of sp³-hybridized carbons (Fsp3) is 0.227. The van der Waals surface area contributed by atoms with Crippen LogP contribution in [0.5, 0.6) is 11.5 Å². The van der Waals surface area contributed by atoms with Gasteiger partial charge in [0.15, 0.2) is 0 Å². The summed E-state index contributed by atoms with van der Waals surface area (Å²) in [6, 6.07) is 12.1. The molecule has 2 aromatic carbocycles. The Morgan fingerprint density at radius 2 is 1.80 bits per heavy atom. The van der Waals surface area contributed by atoms with Gasteiger partial charge in [0.25, 0.3) is 11.7 Å². The third-order valence-electron chi connectivity index (χ3n) is 4.88. The highest BCUT2D eigenvalue weighted by molar-refractivity contribution is 6.46. The summed E-state index contributed by atoms with van der Waals surface area (Å²) in [5.74, 6) is -2.72. The van der Waals surface area contributed by atoms with E-state index in [-0.39, 0.29) is 17.9 Å². The molecule has 1 aliphatic rings. The van der Waals surface area contributed by atoms with Gasteiger partial charge in [-0.3, -0.25) is 9.59 Å². The molecule has 3 rings (SSSR count). The number of benzene rings is 2. The van der Waals surface area contributed by atoms with Crippen LogP contribution >= 0.6 is 0 Å². The molecule has 0 spiro atoms. The SMILES string of the molecule is COc1ccc([C@H]2C(=C(O)c3ccccc3)C(=O)C(=O)N2CCC(=O)[O-])c(OC)c1. The average Bonchev–Trinajstić information content (AvgIpc) is 3.01. The van der Waals surface area contributed by atoms with E-state index in [0.29, 0.717) is 22.6 Å². The summed E-state index contributed by atoms with van der Waals surface area (Å²) < 4.78 is 10.6. The normalized spacial score (nSPS) is 17.8. The molecule has 1 saturated heterocycles. The molecule has 2 aromatic rings. The van der Waals surface area contributed by atoms with Gasteiger partial charge in [-0.15, -0.1) is 0 Å². The number of hydrogen-bond acceptors (Lipinski definition) is 7. The van der Waals surface area contributed by atoms with Gasteiger partial charge in [0.2, 0.25) is 0 Å². The highest BCUT2D eigenvalue weighted by Gasteiger charge is 2.46. The molecule has 1 heterocycles. The smallest absolute Gasteiger partial charge is 0.295 e. The third-order valence-corrected chi connectivity index (χ3v) is 4.88. The average molecular weight is 410 g/mol. The predicted octanol–water partition coefficient (Wildman–Crippen LogP) is 1.27. The van der Waals surface area contributed by atoms with Gasteiger partial charge in [-0.05, 0) is 12.1 Å². The molecule has 156 valence electrons. The molecule has 1 amide bonds. The summed E-state index contributed by atoms with van der Waals surface area (Å²) in [5, 5.41) is 21.9. The Labute approximate surface area is 173 Å². The number of Topliss-reactive ketones (excluding diaryl/α,β-unsaturated/α-hetero) is 1. The number of rotatable bonds is 7. The Morgan fingerprint density at radius 1 is 1.10 bits per heavy atom. The number of nitrogens with zero attached hydrogens (tertiary/aromatic N) is 1. The molecule has 0 aliphatic carbocycles. The van der Waals surface area contributed by atoms with E-state index in [1.807, 2.05) is 0 Å². The van der Waals surface area contributed by atoms with E-state index in [1.54, 1.807) is 48.5 Å². The number of aliphatic hydroxyl groups excluding tert-OH is 1. The topological polar surface area (TPSA) is 116 Å². The monoisotopic (exact) mass is 410 g/mol. The first-order valence-electron chi connectivity index (χ1n) is 9.14. The number of amides is 1. The lowest BCUT2D eigenvalue weighted by Gasteiger charge is -2.27. The molecule has 30 heavy (non-hydrogen) atoms. The first kappa shape index (κ1) is 20.9. The molecular weight excluding hydrogens is 390 g/mol. The van der Waals surface area contributed by atoms with E-state index in [0.717, 1.165) is 4.90 Å². The van der Waals surface area contributed by atoms with Crippen LogP contribution in [0.4, 0.5) is 0 Å². The standard InChI is InChI=1S/C22H21NO7/c1-29-14-8-9-15(16(12-14)30-2)19-18(20(26)13-6-4-3-5-7-13)21(27)22(28)23(19)11-10-17(24)25/h3-9,12,19,26H,10-11H2,1-2H3,(H,24,25)/p-1/t19-/m0/s1. The molecule has 8 nitrogen and oxygen atoms in total. The molecule has 0 unspecified atom stereocenters. The maximum Gasteiger partial charge on any atom is 0.295 e. The van der Waals surface area contributed by atoms with Crippen LogP contribution in [0.15, 0.2) is 54.1 Å². The lowest BCUT2D eigenvalue weighted by Crippen LogP contribution is -2.34. The zero-order chi connectivity index (χ0) is 21.8. The van der Waals surface area contributed by atoms with Gasteiger partial charge < -0.3 is 29.4 Å². The molecule has 0 saturated carbocycles. The first-order valence-corrected chi connectivity index (χ1v) is 9.14. The predicted molar refractivity (Wildman–Crippen MR) is 105 cm³/mol. The molecule has 1 fully saturated rings. The number of carbonyl (C=O) groups is 3. The van der Waals surface area contributed by atoms with Crippen LogP contribution in [-0.4, -0.2) is 48.4 Å². The van der Waals surface area contributed by atoms with Crippen molar-refractivity contribution in [3.8, 4) is 11.5 Å². The molecule has 0 bridgehead atoms. The van der Waals surface area contributed by atoms with Crippen LogP contribution < -0.4 is 14.6 Å². The Balaban J connectivity index is 2.21. The van der Waals surface area contributed by atoms with Crippen LogP contribution in [0.2, 0.25) is 0 Å². The summed E-state index contributed by atoms with van der Waals surface area (Å²) in [7, 11) is 2.90. The fourth-order valence-corrected chi connectivity index (χ4v) is 3.44. The number of carboxylic acid groups (broad SMARTS) is 1. The summed E-state index contributed by atoms with van der Waals surface area (Å²) >= 11 is 0. The number of carboxylic acids is 1. The number of methoxy groups -OCH3 is 2. The van der Waals surface area contributed by atoms with Gasteiger partial charge in [0.05, 0.1) is 25.8 Å². The number of aliphatic carboxylic acids is 1. The van der Waals surface area contributed by atoms with Crippen LogP contribution in [0.1, 0.15) is 23.6 Å². The number of ketones is 1. The van der Waals surface area contributed by atoms with E-state index in [1.165, 1.54) is 14.2 Å². The second kappa shape index (κ2) is 8.69. The quantitative estimate of drug-likeness (QED) is 0.415. The lowest BCUT2D eigenvalue weighted by molar-refractivity contribution is -0.305. The van der Waals surface area contributed by atoms with Crippen molar-refractivity contribution >= 4 is 23.4 Å². The van der Waals surface area contributed by atoms with Crippen molar-refractivity contribution in [2.75, 3.05) is 20.8 Å². The molecule has 0 radical (unpaired) electrons. The summed E-state index contributed by atoms with van der Waals surface area (Å²) in [5.41, 5.74) is 0.620. The van der Waals surface area contributed by atoms with Gasteiger partial charge in [-0.2, -0.15) is 0 Å². The second-order valence-electron chi connectivity index (χ2n) is 6.59. The number of aliphatic hydroxyl groups is 1. The Hall–Kier alpha value is -3.81. The summed E-state index contributed by atoms with van der Waals surface area (Å²) in [6.07, 6.45) is -0.465. The van der Waals surface area contributed by atoms with Gasteiger partial charge in [-0.1, -0.05) is 30.3 Å². The van der Waals surface area contributed by atoms with Crippen molar-refractivity contribution in [1.29, 1.82) is 0 Å². The largest absolute Gasteiger partial charge is 0.550 e. The van der Waals surface area contributed by atoms with E-state index < -0.39 is 30.1 Å². The van der Waals surface area contributed by atoms with Gasteiger partial charge in [0.1, 0.15) is 17.3 Å². The zero-order valence-corrected chi connectivity index (χ0v) is 16.5. The number of ether oxygens (including phenoxy) is 2. The van der Waals surface area contributed by atoms with Crippen LogP contribution in [0, 0.1) is 0 Å². The van der Waals surface area contributed by atoms with Gasteiger partial charge in [-0.25, -0.2) is 0 Å². The molecule has 1 atom stereocenters. The molecular formula is C22H20NO7-. The summed E-state index contributed by atoms with van der Waals surface area (Å²) in [6.45, 7) is -0.266. The van der Waals surface area contributed by atoms with Gasteiger partial charge >= 0.3 is 0 Å². The number of hydrogen-bond donors (Lipinski definition) is 1. The number of carbonyl (C=O) groups excluding carboxylic acids is 3. The first-order chi connectivity index (χ1) is 14.4. The zero-order valence-electron chi connectivity index (χ0n) is 16.5. The Bertz CT molecular complexity index is 1010. The molecule has 1 aliphatic heterocycles. The van der Waals surface area contributed by atoms with E-state index in [4.69, 9.17) is 9.47 Å². The van der Waals surface area contributed by atoms with E-state index in [2.05, 4.69) is 0 Å². The van der Waals surface area contributed by atoms with Crippen LogP contribution in [-0.2, 0) is 14.4 Å². The lowest BCUT2D eigenvalue weighted by atomic mass is 9.94. The third kappa shape index (κ3) is 3.84. The van der Waals surface area contributed by atoms with Crippen molar-refractivity contribution in [1.82, 2.24) is 4.90 Å². The minimum atomic E-state index is -1.36. The maximum absolute atomic E-state index is 12.8. The summed E-state index contributed by atoms with van der Waals surface area (Å²) in [4.78, 5) is 37.7. The van der Waals surface area contributed by atoms with Crippen molar-refractivity contribution < 1.29 is 34.1 Å². The van der Waals surface area contributed by atoms with Crippen molar-refractivity contribution in [3.05, 3.63) is 65.2 Å². The van der Waals surface area contributed by atoms with Crippen molar-refractivity contribution in [2.45, 2.75) is 12.5 Å². The minimum Gasteiger partial charge on any atom is -0.550 e. The van der Waals surface area contributed by atoms with Crippen LogP contribution in [0.3, 0.4) is 0 Å². The van der Waals surface area contributed by atoms with Crippen molar-refractivity contribution in [3.63, 3.8) is 0 Å². The maximum atomic E-state index is 12.8. The van der Waals surface area contributed by atoms with Crippen molar-refractivity contribution in [2.24, 2.45) is 0 Å². The molecule has 1 N–H and O–H groups in total. The Kier molecular flexibility index (Phi) is 6.06. The van der Waals surface area contributed by atoms with Crippen LogP contribution in [0.25, 0.3) is 5.76 Å². The fourth-order valence-electron chi connectivity index (χ4n) is 3.44. The molecule has 8 heteroatoms. The number of likely N-dealkylation sites (tertiary alicyclic amines) is 1. The minimum absolute atomic E-state index is 0.145.